The highest BCUT2D eigenvalue weighted by Gasteiger charge is 2.32. The molecule has 0 radical (unpaired) electrons. The Hall–Kier alpha value is -3.66. The van der Waals surface area contributed by atoms with E-state index in [0.717, 1.165) is 5.69 Å². The van der Waals surface area contributed by atoms with Crippen LogP contribution in [0.3, 0.4) is 0 Å². The van der Waals surface area contributed by atoms with Crippen LogP contribution in [0, 0.1) is 6.92 Å². The monoisotopic (exact) mass is 479 g/mol. The lowest BCUT2D eigenvalue weighted by molar-refractivity contribution is 0.102. The van der Waals surface area contributed by atoms with Crippen molar-refractivity contribution in [2.24, 2.45) is 0 Å². The molecular weight excluding hydrogens is 454 g/mol. The number of nitrogens with zero attached hydrogens (tertiary/aromatic N) is 4. The van der Waals surface area contributed by atoms with Gasteiger partial charge in [-0.2, -0.15) is 0 Å². The zero-order valence-corrected chi connectivity index (χ0v) is 20.0. The van der Waals surface area contributed by atoms with Crippen LogP contribution in [-0.2, 0) is 9.84 Å². The van der Waals surface area contributed by atoms with Crippen LogP contribution in [0.4, 0.5) is 11.4 Å². The van der Waals surface area contributed by atoms with Crippen LogP contribution in [0.2, 0.25) is 0 Å². The molecule has 1 aliphatic heterocycles. The molecule has 1 atom stereocenters. The van der Waals surface area contributed by atoms with Gasteiger partial charge in [0, 0.05) is 25.5 Å². The van der Waals surface area contributed by atoms with E-state index in [1.54, 1.807) is 18.4 Å². The number of benzene rings is 1. The Bertz CT molecular complexity index is 1470. The third kappa shape index (κ3) is 4.05. The zero-order valence-electron chi connectivity index (χ0n) is 19.1. The number of amides is 1. The smallest absolute Gasteiger partial charge is 0.276 e. The normalized spacial score (nSPS) is 17.2. The van der Waals surface area contributed by atoms with Crippen molar-refractivity contribution in [2.45, 2.75) is 19.4 Å². The fourth-order valence-corrected chi connectivity index (χ4v) is 6.09. The van der Waals surface area contributed by atoms with Crippen LogP contribution in [0.1, 0.15) is 28.8 Å². The lowest BCUT2D eigenvalue weighted by atomic mass is 10.2. The van der Waals surface area contributed by atoms with Crippen molar-refractivity contribution in [1.29, 1.82) is 0 Å². The van der Waals surface area contributed by atoms with Crippen molar-refractivity contribution in [3.8, 4) is 11.5 Å². The van der Waals surface area contributed by atoms with Gasteiger partial charge in [-0.25, -0.2) is 18.4 Å². The van der Waals surface area contributed by atoms with Gasteiger partial charge >= 0.3 is 0 Å². The van der Waals surface area contributed by atoms with Gasteiger partial charge in [0.05, 0.1) is 29.3 Å². The summed E-state index contributed by atoms with van der Waals surface area (Å²) < 4.78 is 31.8. The third-order valence-corrected chi connectivity index (χ3v) is 7.81. The van der Waals surface area contributed by atoms with Crippen LogP contribution >= 0.6 is 0 Å². The number of carbonyl (C=O) groups is 1. The Labute approximate surface area is 197 Å². The second-order valence-electron chi connectivity index (χ2n) is 8.68. The van der Waals surface area contributed by atoms with Crippen LogP contribution < -0.4 is 10.2 Å². The van der Waals surface area contributed by atoms with Gasteiger partial charge in [0.1, 0.15) is 17.0 Å². The molecule has 5 rings (SSSR count). The van der Waals surface area contributed by atoms with E-state index < -0.39 is 15.7 Å². The summed E-state index contributed by atoms with van der Waals surface area (Å²) in [6.07, 6.45) is 2.05. The number of rotatable bonds is 5. The minimum absolute atomic E-state index is 0.0530. The average Bonchev–Trinajstić information content (AvgIpc) is 3.51. The molecule has 1 saturated heterocycles. The number of hydrogen-bond donors (Lipinski definition) is 1. The molecule has 9 nitrogen and oxygen atoms in total. The molecule has 4 heterocycles. The lowest BCUT2D eigenvalue weighted by Crippen LogP contribution is -2.16. The fourth-order valence-electron chi connectivity index (χ4n) is 4.39. The molecule has 1 fully saturated rings. The van der Waals surface area contributed by atoms with Crippen LogP contribution in [-0.4, -0.2) is 54.5 Å². The van der Waals surface area contributed by atoms with Gasteiger partial charge in [0.15, 0.2) is 21.3 Å². The largest absolute Gasteiger partial charge is 0.463 e. The van der Waals surface area contributed by atoms with E-state index in [4.69, 9.17) is 4.42 Å². The van der Waals surface area contributed by atoms with Crippen LogP contribution in [0.15, 0.2) is 53.1 Å². The van der Waals surface area contributed by atoms with Crippen LogP contribution in [0.5, 0.6) is 0 Å². The summed E-state index contributed by atoms with van der Waals surface area (Å²) in [4.78, 5) is 24.6. The number of hydrogen-bond acceptors (Lipinski definition) is 7. The molecule has 1 aliphatic rings. The van der Waals surface area contributed by atoms with Crippen molar-refractivity contribution < 1.29 is 17.6 Å². The molecule has 0 saturated carbocycles. The van der Waals surface area contributed by atoms with Crippen molar-refractivity contribution in [1.82, 2.24) is 14.5 Å². The molecule has 3 aromatic heterocycles. The van der Waals surface area contributed by atoms with E-state index >= 15 is 0 Å². The maximum absolute atomic E-state index is 13.4. The van der Waals surface area contributed by atoms with Gasteiger partial charge in [0.25, 0.3) is 5.91 Å². The van der Waals surface area contributed by atoms with Crippen molar-refractivity contribution in [3.63, 3.8) is 0 Å². The maximum Gasteiger partial charge on any atom is 0.276 e. The van der Waals surface area contributed by atoms with Gasteiger partial charge in [0.2, 0.25) is 0 Å². The first-order valence-electron chi connectivity index (χ1n) is 10.9. The Morgan fingerprint density at radius 3 is 2.56 bits per heavy atom. The Morgan fingerprint density at radius 1 is 1.18 bits per heavy atom. The van der Waals surface area contributed by atoms with Gasteiger partial charge in [-0.1, -0.05) is 0 Å². The molecule has 0 aliphatic carbocycles. The van der Waals surface area contributed by atoms with E-state index in [0.29, 0.717) is 40.4 Å². The van der Waals surface area contributed by atoms with Crippen molar-refractivity contribution in [2.75, 3.05) is 35.8 Å². The summed E-state index contributed by atoms with van der Waals surface area (Å²) in [6, 6.07) is 12.6. The summed E-state index contributed by atoms with van der Waals surface area (Å²) in [5.41, 5.74) is 3.37. The molecule has 0 bridgehead atoms. The zero-order chi connectivity index (χ0) is 24.0. The first kappa shape index (κ1) is 22.1. The second-order valence-corrected chi connectivity index (χ2v) is 10.9. The van der Waals surface area contributed by atoms with E-state index in [1.807, 2.05) is 60.8 Å². The number of sulfone groups is 1. The Kier molecular flexibility index (Phi) is 5.40. The van der Waals surface area contributed by atoms with E-state index in [2.05, 4.69) is 15.3 Å². The van der Waals surface area contributed by atoms with Gasteiger partial charge in [-0.3, -0.25) is 4.79 Å². The number of furan rings is 1. The number of anilines is 2. The van der Waals surface area contributed by atoms with Crippen molar-refractivity contribution >= 4 is 38.2 Å². The first-order valence-corrected chi connectivity index (χ1v) is 12.8. The molecular formula is C24H25N5O4S. The predicted octanol–water partition coefficient (Wildman–Crippen LogP) is 3.68. The first-order chi connectivity index (χ1) is 16.2. The highest BCUT2D eigenvalue weighted by atomic mass is 32.2. The van der Waals surface area contributed by atoms with Crippen LogP contribution in [0.25, 0.3) is 22.5 Å². The highest BCUT2D eigenvalue weighted by Crippen LogP contribution is 2.33. The summed E-state index contributed by atoms with van der Waals surface area (Å²) in [6.45, 7) is 1.82. The minimum atomic E-state index is -3.10. The topological polar surface area (TPSA) is 110 Å². The number of pyridine rings is 1. The Morgan fingerprint density at radius 2 is 1.94 bits per heavy atom. The SMILES string of the molecule is Cc1nc2c(C(=O)Nc3ccc(N(C)C)cc3)nc(-c3ccco3)cc2n1C1CCS(=O)(=O)C1. The number of aromatic nitrogens is 3. The maximum atomic E-state index is 13.4. The lowest BCUT2D eigenvalue weighted by Gasteiger charge is -2.15. The van der Waals surface area contributed by atoms with Gasteiger partial charge in [-0.05, 0) is 55.8 Å². The number of carbonyl (C=O) groups excluding carboxylic acids is 1. The average molecular weight is 480 g/mol. The van der Waals surface area contributed by atoms with Crippen molar-refractivity contribution in [3.05, 3.63) is 60.2 Å². The fraction of sp³-hybridized carbons (Fsp3) is 0.292. The standard InChI is InChI=1S/C24H25N5O4S/c1-15-25-22-20(29(15)18-10-12-34(31,32)14-18)13-19(21-5-4-11-33-21)27-23(22)24(30)26-16-6-8-17(9-7-16)28(2)3/h4-9,11,13,18H,10,12,14H2,1-3H3,(H,26,30). The van der Waals surface area contributed by atoms with E-state index in [9.17, 15) is 13.2 Å². The molecule has 1 unspecified atom stereocenters. The summed E-state index contributed by atoms with van der Waals surface area (Å²) in [7, 11) is 0.791. The Balaban J connectivity index is 1.60. The number of nitrogens with one attached hydrogen (secondary N) is 1. The second kappa shape index (κ2) is 8.28. The van der Waals surface area contributed by atoms with Gasteiger partial charge in [-0.15, -0.1) is 0 Å². The van der Waals surface area contributed by atoms with Gasteiger partial charge < -0.3 is 19.2 Å². The predicted molar refractivity (Wildman–Crippen MR) is 131 cm³/mol. The molecule has 34 heavy (non-hydrogen) atoms. The molecule has 4 aromatic rings. The summed E-state index contributed by atoms with van der Waals surface area (Å²) in [5.74, 6) is 0.941. The molecule has 176 valence electrons. The van der Waals surface area contributed by atoms with E-state index in [1.165, 1.54) is 0 Å². The molecule has 0 spiro atoms. The quantitative estimate of drug-likeness (QED) is 0.465. The molecule has 1 N–H and O–H groups in total. The minimum Gasteiger partial charge on any atom is -0.463 e. The molecule has 10 heteroatoms. The number of imidazole rings is 1. The third-order valence-electron chi connectivity index (χ3n) is 6.06. The summed E-state index contributed by atoms with van der Waals surface area (Å²) in [5, 5.41) is 2.90. The summed E-state index contributed by atoms with van der Waals surface area (Å²) >= 11 is 0. The molecule has 1 amide bonds. The molecule has 1 aromatic carbocycles. The number of aryl methyl sites for hydroxylation is 1. The number of fused-ring (bicyclic) bond motifs is 1. The van der Waals surface area contributed by atoms with E-state index in [-0.39, 0.29) is 23.2 Å². The highest BCUT2D eigenvalue weighted by molar-refractivity contribution is 7.91.